The summed E-state index contributed by atoms with van der Waals surface area (Å²) < 4.78 is 0.816. The number of rotatable bonds is 6. The van der Waals surface area contributed by atoms with Crippen molar-refractivity contribution in [3.8, 4) is 0 Å². The van der Waals surface area contributed by atoms with Crippen LogP contribution in [-0.4, -0.2) is 49.9 Å². The van der Waals surface area contributed by atoms with Gasteiger partial charge in [0.2, 0.25) is 0 Å². The number of benzene rings is 2. The van der Waals surface area contributed by atoms with Crippen molar-refractivity contribution < 1.29 is 9.59 Å². The second-order valence-corrected chi connectivity index (χ2v) is 8.96. The molecule has 0 aliphatic carbocycles. The standard InChI is InChI=1S/C24H27BrN4O2/c1-28(13-14-29-11-3-2-4-12-29)19-8-6-18(7-9-19)26-16-22-21-15-17(25)5-10-20(21)23(30)27-24(22)31/h5-10,15-16,26H,2-4,11-14H2,1H3,(H,27,30,31)/b22-16+. The number of halogens is 1. The second kappa shape index (κ2) is 9.66. The largest absolute Gasteiger partial charge is 0.373 e. The van der Waals surface area contributed by atoms with Gasteiger partial charge >= 0.3 is 0 Å². The van der Waals surface area contributed by atoms with E-state index < -0.39 is 5.91 Å². The summed E-state index contributed by atoms with van der Waals surface area (Å²) in [6.45, 7) is 4.51. The molecule has 0 spiro atoms. The van der Waals surface area contributed by atoms with E-state index in [2.05, 4.69) is 55.5 Å². The van der Waals surface area contributed by atoms with E-state index >= 15 is 0 Å². The molecule has 2 amide bonds. The number of nitrogens with one attached hydrogen (secondary N) is 2. The lowest BCUT2D eigenvalue weighted by Crippen LogP contribution is -2.36. The lowest BCUT2D eigenvalue weighted by molar-refractivity contribution is -0.114. The summed E-state index contributed by atoms with van der Waals surface area (Å²) >= 11 is 3.41. The van der Waals surface area contributed by atoms with Crippen LogP contribution < -0.4 is 15.5 Å². The molecule has 7 heteroatoms. The molecule has 0 bridgehead atoms. The van der Waals surface area contributed by atoms with E-state index in [0.29, 0.717) is 16.7 Å². The lowest BCUT2D eigenvalue weighted by atomic mass is 9.95. The van der Waals surface area contributed by atoms with Crippen molar-refractivity contribution in [1.82, 2.24) is 10.2 Å². The van der Waals surface area contributed by atoms with E-state index in [0.717, 1.165) is 28.9 Å². The summed E-state index contributed by atoms with van der Waals surface area (Å²) in [6, 6.07) is 13.4. The molecule has 31 heavy (non-hydrogen) atoms. The highest BCUT2D eigenvalue weighted by Crippen LogP contribution is 2.27. The van der Waals surface area contributed by atoms with Gasteiger partial charge in [0, 0.05) is 53.3 Å². The molecule has 0 atom stereocenters. The van der Waals surface area contributed by atoms with Crippen LogP contribution in [0.1, 0.15) is 35.2 Å². The average Bonchev–Trinajstić information content (AvgIpc) is 2.78. The molecule has 0 unspecified atom stereocenters. The smallest absolute Gasteiger partial charge is 0.260 e. The fraction of sp³-hybridized carbons (Fsp3) is 0.333. The first kappa shape index (κ1) is 21.6. The van der Waals surface area contributed by atoms with Crippen molar-refractivity contribution in [3.05, 3.63) is 64.3 Å². The maximum atomic E-state index is 12.4. The van der Waals surface area contributed by atoms with Gasteiger partial charge in [0.25, 0.3) is 11.8 Å². The number of carbonyl (C=O) groups excluding carboxylic acids is 2. The third-order valence-electron chi connectivity index (χ3n) is 5.88. The van der Waals surface area contributed by atoms with Crippen molar-refractivity contribution in [3.63, 3.8) is 0 Å². The Morgan fingerprint density at radius 1 is 1.03 bits per heavy atom. The molecular weight excluding hydrogens is 456 g/mol. The SMILES string of the molecule is CN(CCN1CCCCC1)c1ccc(N/C=C2/C(=O)NC(=O)c3ccc(Br)cc32)cc1. The summed E-state index contributed by atoms with van der Waals surface area (Å²) in [5.74, 6) is -0.779. The molecule has 2 aromatic rings. The Morgan fingerprint density at radius 3 is 2.52 bits per heavy atom. The first-order valence-corrected chi connectivity index (χ1v) is 11.5. The van der Waals surface area contributed by atoms with Crippen LogP contribution in [-0.2, 0) is 4.79 Å². The molecule has 2 aromatic carbocycles. The Kier molecular flexibility index (Phi) is 6.73. The Hall–Kier alpha value is -2.64. The van der Waals surface area contributed by atoms with Crippen molar-refractivity contribution >= 4 is 44.7 Å². The summed E-state index contributed by atoms with van der Waals surface area (Å²) in [6.07, 6.45) is 5.64. The van der Waals surface area contributed by atoms with E-state index in [4.69, 9.17) is 0 Å². The predicted octanol–water partition coefficient (Wildman–Crippen LogP) is 4.09. The van der Waals surface area contributed by atoms with E-state index in [1.54, 1.807) is 24.4 Å². The highest BCUT2D eigenvalue weighted by molar-refractivity contribution is 9.10. The zero-order valence-corrected chi connectivity index (χ0v) is 19.2. The zero-order valence-electron chi connectivity index (χ0n) is 17.7. The fourth-order valence-electron chi connectivity index (χ4n) is 4.01. The molecule has 2 N–H and O–H groups in total. The Balaban J connectivity index is 1.41. The van der Waals surface area contributed by atoms with Crippen molar-refractivity contribution in [2.24, 2.45) is 0 Å². The third-order valence-corrected chi connectivity index (χ3v) is 6.37. The second-order valence-electron chi connectivity index (χ2n) is 8.05. The molecule has 4 rings (SSSR count). The number of piperidine rings is 1. The van der Waals surface area contributed by atoms with Crippen LogP contribution in [0.2, 0.25) is 0 Å². The first-order chi connectivity index (χ1) is 15.0. The van der Waals surface area contributed by atoms with Crippen molar-refractivity contribution in [2.45, 2.75) is 19.3 Å². The minimum absolute atomic E-state index is 0.374. The molecule has 2 aliphatic rings. The van der Waals surface area contributed by atoms with E-state index in [9.17, 15) is 9.59 Å². The summed E-state index contributed by atoms with van der Waals surface area (Å²) in [5, 5.41) is 5.59. The Bertz CT molecular complexity index is 997. The van der Waals surface area contributed by atoms with Crippen LogP contribution >= 0.6 is 15.9 Å². The number of hydrogen-bond acceptors (Lipinski definition) is 5. The van der Waals surface area contributed by atoms with Crippen LogP contribution in [0.4, 0.5) is 11.4 Å². The minimum Gasteiger partial charge on any atom is -0.373 e. The average molecular weight is 483 g/mol. The number of likely N-dealkylation sites (tertiary alicyclic amines) is 1. The highest BCUT2D eigenvalue weighted by Gasteiger charge is 2.27. The first-order valence-electron chi connectivity index (χ1n) is 10.7. The van der Waals surface area contributed by atoms with E-state index in [-0.39, 0.29) is 5.91 Å². The topological polar surface area (TPSA) is 64.7 Å². The van der Waals surface area contributed by atoms with Crippen LogP contribution in [0.15, 0.2) is 53.1 Å². The minimum atomic E-state index is -0.405. The van der Waals surface area contributed by atoms with Gasteiger partial charge < -0.3 is 15.1 Å². The van der Waals surface area contributed by atoms with Gasteiger partial charge in [-0.3, -0.25) is 14.9 Å². The maximum Gasteiger partial charge on any atom is 0.260 e. The number of fused-ring (bicyclic) bond motifs is 1. The molecule has 0 aromatic heterocycles. The number of nitrogens with zero attached hydrogens (tertiary/aromatic N) is 2. The molecule has 1 saturated heterocycles. The molecular formula is C24H27BrN4O2. The fourth-order valence-corrected chi connectivity index (χ4v) is 4.37. The number of anilines is 2. The number of imide groups is 1. The van der Waals surface area contributed by atoms with E-state index in [1.165, 1.54) is 32.4 Å². The zero-order chi connectivity index (χ0) is 21.8. The maximum absolute atomic E-state index is 12.4. The van der Waals surface area contributed by atoms with Gasteiger partial charge in [-0.2, -0.15) is 0 Å². The highest BCUT2D eigenvalue weighted by atomic mass is 79.9. The summed E-state index contributed by atoms with van der Waals surface area (Å²) in [5.41, 5.74) is 3.57. The Morgan fingerprint density at radius 2 is 1.77 bits per heavy atom. The normalized spacial score (nSPS) is 17.9. The van der Waals surface area contributed by atoms with E-state index in [1.807, 2.05) is 12.1 Å². The lowest BCUT2D eigenvalue weighted by Gasteiger charge is -2.29. The molecule has 1 fully saturated rings. The third kappa shape index (κ3) is 5.17. The van der Waals surface area contributed by atoms with Gasteiger partial charge in [0.05, 0.1) is 5.57 Å². The summed E-state index contributed by atoms with van der Waals surface area (Å²) in [4.78, 5) is 29.3. The summed E-state index contributed by atoms with van der Waals surface area (Å²) in [7, 11) is 2.12. The van der Waals surface area contributed by atoms with Gasteiger partial charge in [-0.1, -0.05) is 22.4 Å². The molecule has 0 radical (unpaired) electrons. The van der Waals surface area contributed by atoms with Gasteiger partial charge in [-0.05, 0) is 68.4 Å². The monoisotopic (exact) mass is 482 g/mol. The van der Waals surface area contributed by atoms with Crippen molar-refractivity contribution in [1.29, 1.82) is 0 Å². The van der Waals surface area contributed by atoms with Gasteiger partial charge in [-0.15, -0.1) is 0 Å². The van der Waals surface area contributed by atoms with Crippen LogP contribution in [0, 0.1) is 0 Å². The predicted molar refractivity (Wildman–Crippen MR) is 128 cm³/mol. The molecule has 162 valence electrons. The van der Waals surface area contributed by atoms with Crippen molar-refractivity contribution in [2.75, 3.05) is 43.4 Å². The van der Waals surface area contributed by atoms with Gasteiger partial charge in [0.15, 0.2) is 0 Å². The van der Waals surface area contributed by atoms with Crippen LogP contribution in [0.25, 0.3) is 5.57 Å². The Labute approximate surface area is 191 Å². The quantitative estimate of drug-likeness (QED) is 0.479. The molecule has 6 nitrogen and oxygen atoms in total. The number of carbonyl (C=O) groups is 2. The van der Waals surface area contributed by atoms with Crippen LogP contribution in [0.3, 0.4) is 0 Å². The molecule has 2 heterocycles. The number of amides is 2. The number of hydrogen-bond donors (Lipinski definition) is 2. The van der Waals surface area contributed by atoms with Gasteiger partial charge in [0.1, 0.15) is 0 Å². The molecule has 0 saturated carbocycles. The molecule has 2 aliphatic heterocycles. The van der Waals surface area contributed by atoms with Gasteiger partial charge in [-0.25, -0.2) is 0 Å². The number of likely N-dealkylation sites (N-methyl/N-ethyl adjacent to an activating group) is 1. The van der Waals surface area contributed by atoms with Crippen LogP contribution in [0.5, 0.6) is 0 Å².